The predicted molar refractivity (Wildman–Crippen MR) is 137 cm³/mol. The zero-order chi connectivity index (χ0) is 22.1. The molecule has 0 aliphatic heterocycles. The van der Waals surface area contributed by atoms with Gasteiger partial charge in [0.1, 0.15) is 6.10 Å². The zero-order valence-corrected chi connectivity index (χ0v) is 21.5. The van der Waals surface area contributed by atoms with Gasteiger partial charge in [0.05, 0.1) is 5.71 Å². The molecular weight excluding hydrogens is 366 g/mol. The van der Waals surface area contributed by atoms with Crippen LogP contribution in [0.3, 0.4) is 0 Å². The van der Waals surface area contributed by atoms with Crippen molar-refractivity contribution in [3.05, 3.63) is 0 Å². The third-order valence-corrected chi connectivity index (χ3v) is 6.14. The summed E-state index contributed by atoms with van der Waals surface area (Å²) in [4.78, 5) is 5.86. The van der Waals surface area contributed by atoms with E-state index in [1.807, 2.05) is 13.8 Å². The van der Waals surface area contributed by atoms with Crippen LogP contribution in [0.15, 0.2) is 5.16 Å². The maximum atomic E-state index is 5.86. The molecule has 0 atom stereocenters. The van der Waals surface area contributed by atoms with Gasteiger partial charge in [-0.2, -0.15) is 0 Å². The van der Waals surface area contributed by atoms with E-state index < -0.39 is 0 Å². The quantitative estimate of drug-likeness (QED) is 0.0859. The number of oxime groups is 1. The van der Waals surface area contributed by atoms with Gasteiger partial charge in [-0.05, 0) is 39.5 Å². The van der Waals surface area contributed by atoms with Gasteiger partial charge in [0.15, 0.2) is 0 Å². The number of unbranched alkanes of at least 4 members (excludes halogenated alkanes) is 18. The monoisotopic (exact) mass is 423 g/mol. The van der Waals surface area contributed by atoms with Crippen LogP contribution in [0.25, 0.3) is 0 Å². The second-order valence-electron chi connectivity index (χ2n) is 9.71. The van der Waals surface area contributed by atoms with Gasteiger partial charge in [0, 0.05) is 0 Å². The minimum Gasteiger partial charge on any atom is -0.393 e. The molecule has 0 fully saturated rings. The lowest BCUT2D eigenvalue weighted by molar-refractivity contribution is 0.0428. The fraction of sp³-hybridized carbons (Fsp3) is 0.964. The van der Waals surface area contributed by atoms with Gasteiger partial charge in [-0.15, -0.1) is 0 Å². The molecular formula is C28H57NO. The Balaban J connectivity index is 3.67. The van der Waals surface area contributed by atoms with Gasteiger partial charge in [0.2, 0.25) is 0 Å². The lowest BCUT2D eigenvalue weighted by atomic mass is 10.0. The van der Waals surface area contributed by atoms with Crippen LogP contribution in [0.4, 0.5) is 0 Å². The van der Waals surface area contributed by atoms with E-state index in [1.165, 1.54) is 141 Å². The summed E-state index contributed by atoms with van der Waals surface area (Å²) in [6, 6.07) is 0. The highest BCUT2D eigenvalue weighted by atomic mass is 16.6. The summed E-state index contributed by atoms with van der Waals surface area (Å²) < 4.78 is 0. The molecule has 0 saturated heterocycles. The molecule has 0 aromatic rings. The molecule has 2 nitrogen and oxygen atoms in total. The van der Waals surface area contributed by atoms with E-state index in [4.69, 9.17) is 4.84 Å². The maximum Gasteiger partial charge on any atom is 0.127 e. The first kappa shape index (κ1) is 29.5. The molecule has 0 amide bonds. The highest BCUT2D eigenvalue weighted by Gasteiger charge is 2.09. The van der Waals surface area contributed by atoms with Gasteiger partial charge < -0.3 is 4.84 Å². The highest BCUT2D eigenvalue weighted by molar-refractivity contribution is 5.78. The fourth-order valence-corrected chi connectivity index (χ4v) is 4.15. The van der Waals surface area contributed by atoms with Gasteiger partial charge >= 0.3 is 0 Å². The van der Waals surface area contributed by atoms with Gasteiger partial charge in [-0.3, -0.25) is 0 Å². The van der Waals surface area contributed by atoms with Crippen molar-refractivity contribution in [2.24, 2.45) is 5.16 Å². The van der Waals surface area contributed by atoms with Crippen LogP contribution in [0.1, 0.15) is 169 Å². The molecule has 0 N–H and O–H groups in total. The topological polar surface area (TPSA) is 21.6 Å². The zero-order valence-electron chi connectivity index (χ0n) is 21.5. The predicted octanol–water partition coefficient (Wildman–Crippen LogP) is 10.4. The van der Waals surface area contributed by atoms with Crippen LogP contribution >= 0.6 is 0 Å². The molecule has 0 unspecified atom stereocenters. The number of hydrogen-bond acceptors (Lipinski definition) is 2. The largest absolute Gasteiger partial charge is 0.393 e. The summed E-state index contributed by atoms with van der Waals surface area (Å²) in [6.45, 7) is 8.64. The number of nitrogens with zero attached hydrogens (tertiary/aromatic N) is 1. The number of rotatable bonds is 24. The first-order valence-electron chi connectivity index (χ1n) is 13.9. The molecule has 0 bridgehead atoms. The Morgan fingerprint density at radius 3 is 1.10 bits per heavy atom. The van der Waals surface area contributed by atoms with Crippen molar-refractivity contribution in [3.63, 3.8) is 0 Å². The maximum absolute atomic E-state index is 5.86. The normalized spacial score (nSPS) is 11.2. The molecule has 0 aliphatic carbocycles. The van der Waals surface area contributed by atoms with Crippen LogP contribution in [-0.2, 0) is 4.84 Å². The molecule has 30 heavy (non-hydrogen) atoms. The first-order chi connectivity index (χ1) is 14.7. The van der Waals surface area contributed by atoms with E-state index in [1.54, 1.807) is 0 Å². The lowest BCUT2D eigenvalue weighted by Gasteiger charge is -2.15. The Kier molecular flexibility index (Phi) is 24.3. The van der Waals surface area contributed by atoms with Crippen molar-refractivity contribution in [1.82, 2.24) is 0 Å². The summed E-state index contributed by atoms with van der Waals surface area (Å²) in [7, 11) is 0. The van der Waals surface area contributed by atoms with E-state index in [9.17, 15) is 0 Å². The minimum absolute atomic E-state index is 0.336. The third kappa shape index (κ3) is 23.7. The summed E-state index contributed by atoms with van der Waals surface area (Å²) in [5.41, 5.74) is 1.03. The van der Waals surface area contributed by atoms with Crippen LogP contribution in [0.5, 0.6) is 0 Å². The van der Waals surface area contributed by atoms with Crippen molar-refractivity contribution in [1.29, 1.82) is 0 Å². The molecule has 2 heteroatoms. The van der Waals surface area contributed by atoms with Crippen LogP contribution in [-0.4, -0.2) is 11.8 Å². The fourth-order valence-electron chi connectivity index (χ4n) is 4.15. The lowest BCUT2D eigenvalue weighted by Crippen LogP contribution is -2.10. The van der Waals surface area contributed by atoms with Crippen molar-refractivity contribution in [2.75, 3.05) is 0 Å². The van der Waals surface area contributed by atoms with Gasteiger partial charge in [-0.1, -0.05) is 135 Å². The average molecular weight is 424 g/mol. The summed E-state index contributed by atoms with van der Waals surface area (Å²) >= 11 is 0. The van der Waals surface area contributed by atoms with Crippen LogP contribution in [0.2, 0.25) is 0 Å². The van der Waals surface area contributed by atoms with Gasteiger partial charge in [0.25, 0.3) is 0 Å². The standard InChI is InChI=1S/C28H57NO/c1-5-7-9-11-13-15-17-19-21-23-25-28(30-29-27(3)4)26-24-22-20-18-16-14-12-10-8-6-2/h28H,5-26H2,1-4H3. The average Bonchev–Trinajstić information content (AvgIpc) is 2.73. The molecule has 0 spiro atoms. The van der Waals surface area contributed by atoms with Crippen molar-refractivity contribution in [3.8, 4) is 0 Å². The second kappa shape index (κ2) is 24.7. The smallest absolute Gasteiger partial charge is 0.127 e. The van der Waals surface area contributed by atoms with Crippen molar-refractivity contribution in [2.45, 2.75) is 175 Å². The first-order valence-corrected chi connectivity index (χ1v) is 13.9. The Bertz CT molecular complexity index is 325. The van der Waals surface area contributed by atoms with Gasteiger partial charge in [-0.25, -0.2) is 0 Å². The Morgan fingerprint density at radius 2 is 0.800 bits per heavy atom. The summed E-state index contributed by atoms with van der Waals surface area (Å²) in [5, 5.41) is 4.27. The summed E-state index contributed by atoms with van der Waals surface area (Å²) in [5.74, 6) is 0. The second-order valence-corrected chi connectivity index (χ2v) is 9.71. The molecule has 0 aliphatic rings. The molecule has 0 saturated carbocycles. The molecule has 0 aromatic heterocycles. The van der Waals surface area contributed by atoms with E-state index in [-0.39, 0.29) is 0 Å². The van der Waals surface area contributed by atoms with E-state index >= 15 is 0 Å². The van der Waals surface area contributed by atoms with Crippen molar-refractivity contribution < 1.29 is 4.84 Å². The molecule has 0 heterocycles. The molecule has 0 aromatic carbocycles. The Labute approximate surface area is 191 Å². The Hall–Kier alpha value is -0.530. The van der Waals surface area contributed by atoms with Crippen LogP contribution in [0, 0.1) is 0 Å². The van der Waals surface area contributed by atoms with Crippen LogP contribution < -0.4 is 0 Å². The SMILES string of the molecule is CCCCCCCCCCCCC(CCCCCCCCCCCC)ON=C(C)C. The number of hydrogen-bond donors (Lipinski definition) is 0. The molecule has 0 rings (SSSR count). The molecule has 180 valence electrons. The van der Waals surface area contributed by atoms with E-state index in [0.29, 0.717) is 6.10 Å². The van der Waals surface area contributed by atoms with E-state index in [0.717, 1.165) is 5.71 Å². The minimum atomic E-state index is 0.336. The van der Waals surface area contributed by atoms with Crippen molar-refractivity contribution >= 4 is 5.71 Å². The Morgan fingerprint density at radius 1 is 0.500 bits per heavy atom. The summed E-state index contributed by atoms with van der Waals surface area (Å²) in [6.07, 6.45) is 30.7. The molecule has 0 radical (unpaired) electrons. The highest BCUT2D eigenvalue weighted by Crippen LogP contribution is 2.18. The van der Waals surface area contributed by atoms with E-state index in [2.05, 4.69) is 19.0 Å². The third-order valence-electron chi connectivity index (χ3n) is 6.14.